The molecule has 8 heteroatoms. The minimum atomic E-state index is -5.08. The van der Waals surface area contributed by atoms with Crippen LogP contribution < -0.4 is 4.74 Å². The van der Waals surface area contributed by atoms with Gasteiger partial charge in [-0.3, -0.25) is 9.88 Å². The smallest absolute Gasteiger partial charge is 0.490 e. The Morgan fingerprint density at radius 2 is 2.04 bits per heavy atom. The van der Waals surface area contributed by atoms with Gasteiger partial charge in [-0.05, 0) is 56.1 Å². The van der Waals surface area contributed by atoms with E-state index in [4.69, 9.17) is 14.6 Å². The lowest BCUT2D eigenvalue weighted by molar-refractivity contribution is -0.192. The van der Waals surface area contributed by atoms with Crippen LogP contribution in [-0.2, 0) is 4.79 Å². The van der Waals surface area contributed by atoms with Gasteiger partial charge >= 0.3 is 12.1 Å². The monoisotopic (exact) mass is 396 g/mol. The van der Waals surface area contributed by atoms with Gasteiger partial charge in [-0.25, -0.2) is 4.79 Å². The van der Waals surface area contributed by atoms with Crippen molar-refractivity contribution in [3.8, 4) is 5.75 Å². The van der Waals surface area contributed by atoms with E-state index in [0.717, 1.165) is 25.4 Å². The molecule has 0 aliphatic carbocycles. The van der Waals surface area contributed by atoms with Crippen molar-refractivity contribution in [1.82, 2.24) is 9.88 Å². The third-order valence-electron chi connectivity index (χ3n) is 4.27. The van der Waals surface area contributed by atoms with Crippen molar-refractivity contribution < 1.29 is 27.8 Å². The second-order valence-corrected chi connectivity index (χ2v) is 6.42. The first-order valence-electron chi connectivity index (χ1n) is 8.92. The van der Waals surface area contributed by atoms with Gasteiger partial charge in [0.1, 0.15) is 12.4 Å². The van der Waals surface area contributed by atoms with E-state index in [1.54, 1.807) is 0 Å². The Hall–Kier alpha value is -2.61. The minimum absolute atomic E-state index is 0.451. The van der Waals surface area contributed by atoms with Crippen molar-refractivity contribution in [3.05, 3.63) is 59.9 Å². The standard InChI is InChI=1S/C18H22N2O.C2HF3O2/c1-15-6-4-7-16(14-15)21-13-12-20-11-5-9-18(20)17-8-2-3-10-19-17;3-2(4,5)1(6)7/h2-4,6-8,10,14,18H,5,9,11-13H2,1H3;(H,6,7). The average molecular weight is 396 g/mol. The first kappa shape index (κ1) is 21.7. The number of aliphatic carboxylic acids is 1. The largest absolute Gasteiger partial charge is 0.492 e. The van der Waals surface area contributed by atoms with Crippen molar-refractivity contribution >= 4 is 5.97 Å². The first-order valence-corrected chi connectivity index (χ1v) is 8.92. The molecule has 0 amide bonds. The summed E-state index contributed by atoms with van der Waals surface area (Å²) in [5.74, 6) is -1.80. The van der Waals surface area contributed by atoms with Gasteiger partial charge in [0.2, 0.25) is 0 Å². The molecule has 1 aromatic carbocycles. The molecule has 2 heterocycles. The van der Waals surface area contributed by atoms with Crippen LogP contribution in [0.3, 0.4) is 0 Å². The number of aryl methyl sites for hydroxylation is 1. The second kappa shape index (κ2) is 10.1. The molecule has 0 saturated carbocycles. The zero-order valence-electron chi connectivity index (χ0n) is 15.5. The summed E-state index contributed by atoms with van der Waals surface area (Å²) in [7, 11) is 0. The third kappa shape index (κ3) is 6.84. The van der Waals surface area contributed by atoms with E-state index in [9.17, 15) is 13.2 Å². The van der Waals surface area contributed by atoms with Gasteiger partial charge in [-0.2, -0.15) is 13.2 Å². The summed E-state index contributed by atoms with van der Waals surface area (Å²) >= 11 is 0. The fourth-order valence-corrected chi connectivity index (χ4v) is 2.99. The predicted molar refractivity (Wildman–Crippen MR) is 98.1 cm³/mol. The third-order valence-corrected chi connectivity index (χ3v) is 4.27. The molecule has 1 fully saturated rings. The number of halogens is 3. The Bertz CT molecular complexity index is 754. The molecular formula is C20H23F3N2O3. The van der Waals surface area contributed by atoms with Crippen LogP contribution in [0.15, 0.2) is 48.7 Å². The SMILES string of the molecule is Cc1cccc(OCCN2CCCC2c2ccccn2)c1.O=C(O)C(F)(F)F. The van der Waals surface area contributed by atoms with Crippen LogP contribution in [0.2, 0.25) is 0 Å². The summed E-state index contributed by atoms with van der Waals surface area (Å²) < 4.78 is 37.6. The van der Waals surface area contributed by atoms with Gasteiger partial charge in [0.05, 0.1) is 11.7 Å². The number of rotatable bonds is 5. The van der Waals surface area contributed by atoms with Gasteiger partial charge in [-0.15, -0.1) is 0 Å². The maximum absolute atomic E-state index is 10.6. The minimum Gasteiger partial charge on any atom is -0.492 e. The number of hydrogen-bond donors (Lipinski definition) is 1. The van der Waals surface area contributed by atoms with E-state index in [0.29, 0.717) is 6.04 Å². The molecular weight excluding hydrogens is 373 g/mol. The van der Waals surface area contributed by atoms with Gasteiger partial charge in [0.15, 0.2) is 0 Å². The zero-order valence-corrected chi connectivity index (χ0v) is 15.5. The molecule has 1 unspecified atom stereocenters. The van der Waals surface area contributed by atoms with E-state index in [1.165, 1.54) is 24.1 Å². The molecule has 1 saturated heterocycles. The van der Waals surface area contributed by atoms with Gasteiger partial charge < -0.3 is 9.84 Å². The average Bonchev–Trinajstić information content (AvgIpc) is 3.11. The van der Waals surface area contributed by atoms with Crippen molar-refractivity contribution in [3.63, 3.8) is 0 Å². The normalized spacial score (nSPS) is 16.9. The first-order chi connectivity index (χ1) is 13.3. The van der Waals surface area contributed by atoms with E-state index in [-0.39, 0.29) is 0 Å². The number of benzene rings is 1. The number of carboxylic acids is 1. The van der Waals surface area contributed by atoms with Crippen molar-refractivity contribution in [2.24, 2.45) is 0 Å². The summed E-state index contributed by atoms with van der Waals surface area (Å²) in [6.07, 6.45) is -0.762. The summed E-state index contributed by atoms with van der Waals surface area (Å²) in [5.41, 5.74) is 2.42. The van der Waals surface area contributed by atoms with Crippen LogP contribution in [0, 0.1) is 6.92 Å². The topological polar surface area (TPSA) is 62.7 Å². The highest BCUT2D eigenvalue weighted by Crippen LogP contribution is 2.30. The number of carbonyl (C=O) groups is 1. The maximum atomic E-state index is 10.6. The molecule has 0 bridgehead atoms. The molecule has 2 aromatic rings. The summed E-state index contributed by atoms with van der Waals surface area (Å²) in [4.78, 5) is 15.9. The summed E-state index contributed by atoms with van der Waals surface area (Å²) in [5, 5.41) is 7.12. The molecule has 5 nitrogen and oxygen atoms in total. The van der Waals surface area contributed by atoms with Crippen LogP contribution in [0.5, 0.6) is 5.75 Å². The van der Waals surface area contributed by atoms with Crippen LogP contribution in [0.4, 0.5) is 13.2 Å². The number of likely N-dealkylation sites (tertiary alicyclic amines) is 1. The molecule has 0 spiro atoms. The van der Waals surface area contributed by atoms with Crippen molar-refractivity contribution in [2.75, 3.05) is 19.7 Å². The quantitative estimate of drug-likeness (QED) is 0.819. The van der Waals surface area contributed by atoms with E-state index in [2.05, 4.69) is 41.1 Å². The highest BCUT2D eigenvalue weighted by atomic mass is 19.4. The van der Waals surface area contributed by atoms with E-state index >= 15 is 0 Å². The predicted octanol–water partition coefficient (Wildman–Crippen LogP) is 4.24. The zero-order chi connectivity index (χ0) is 20.6. The number of aromatic nitrogens is 1. The molecule has 1 aliphatic heterocycles. The lowest BCUT2D eigenvalue weighted by atomic mass is 10.1. The van der Waals surface area contributed by atoms with Gasteiger partial charge in [-0.1, -0.05) is 18.2 Å². The van der Waals surface area contributed by atoms with Gasteiger partial charge in [0.25, 0.3) is 0 Å². The number of alkyl halides is 3. The summed E-state index contributed by atoms with van der Waals surface area (Å²) in [6.45, 7) is 4.91. The molecule has 1 aromatic heterocycles. The number of carboxylic acid groups (broad SMARTS) is 1. The molecule has 1 atom stereocenters. The molecule has 152 valence electrons. The van der Waals surface area contributed by atoms with Crippen molar-refractivity contribution in [2.45, 2.75) is 32.0 Å². The van der Waals surface area contributed by atoms with Gasteiger partial charge in [0, 0.05) is 12.7 Å². The Morgan fingerprint density at radius 1 is 1.29 bits per heavy atom. The van der Waals surface area contributed by atoms with Crippen LogP contribution in [-0.4, -0.2) is 46.8 Å². The molecule has 0 radical (unpaired) electrons. The lowest BCUT2D eigenvalue weighted by Crippen LogP contribution is -2.28. The maximum Gasteiger partial charge on any atom is 0.490 e. The Kier molecular flexibility index (Phi) is 7.80. The Balaban J connectivity index is 0.000000345. The highest BCUT2D eigenvalue weighted by Gasteiger charge is 2.38. The Labute approximate surface area is 161 Å². The van der Waals surface area contributed by atoms with Crippen molar-refractivity contribution in [1.29, 1.82) is 0 Å². The lowest BCUT2D eigenvalue weighted by Gasteiger charge is -2.23. The molecule has 3 rings (SSSR count). The second-order valence-electron chi connectivity index (χ2n) is 6.42. The fraction of sp³-hybridized carbons (Fsp3) is 0.400. The molecule has 1 N–H and O–H groups in total. The Morgan fingerprint density at radius 3 is 2.64 bits per heavy atom. The number of nitrogens with zero attached hydrogens (tertiary/aromatic N) is 2. The van der Waals surface area contributed by atoms with Crippen LogP contribution in [0.25, 0.3) is 0 Å². The van der Waals surface area contributed by atoms with E-state index < -0.39 is 12.1 Å². The van der Waals surface area contributed by atoms with Crippen LogP contribution >= 0.6 is 0 Å². The van der Waals surface area contributed by atoms with Crippen LogP contribution in [0.1, 0.15) is 30.1 Å². The summed E-state index contributed by atoms with van der Waals surface area (Å²) in [6, 6.07) is 14.9. The number of pyridine rings is 1. The molecule has 1 aliphatic rings. The number of ether oxygens (including phenoxy) is 1. The fourth-order valence-electron chi connectivity index (χ4n) is 2.99. The molecule has 28 heavy (non-hydrogen) atoms. The van der Waals surface area contributed by atoms with E-state index in [1.807, 2.05) is 24.4 Å². The highest BCUT2D eigenvalue weighted by molar-refractivity contribution is 5.73. The number of hydrogen-bond acceptors (Lipinski definition) is 4.